The summed E-state index contributed by atoms with van der Waals surface area (Å²) in [6.07, 6.45) is 0.755. The summed E-state index contributed by atoms with van der Waals surface area (Å²) in [7, 11) is -0.413. The number of halogens is 2. The number of hydrazine groups is 1. The van der Waals surface area contributed by atoms with Gasteiger partial charge in [0.05, 0.1) is 41.6 Å². The van der Waals surface area contributed by atoms with E-state index in [1.54, 1.807) is 9.91 Å². The van der Waals surface area contributed by atoms with Crippen molar-refractivity contribution in [2.75, 3.05) is 50.5 Å². The third-order valence-corrected chi connectivity index (χ3v) is 8.77. The number of rotatable bonds is 5. The van der Waals surface area contributed by atoms with E-state index < -0.39 is 51.4 Å². The topological polar surface area (TPSA) is 136 Å². The Labute approximate surface area is 191 Å². The summed E-state index contributed by atoms with van der Waals surface area (Å²) in [5.41, 5.74) is 9.34. The predicted molar refractivity (Wildman–Crippen MR) is 119 cm³/mol. The molecule has 33 heavy (non-hydrogen) atoms. The third-order valence-electron chi connectivity index (χ3n) is 6.44. The van der Waals surface area contributed by atoms with Crippen LogP contribution in [0.2, 0.25) is 0 Å². The molecule has 4 unspecified atom stereocenters. The maximum absolute atomic E-state index is 14.8. The fourth-order valence-corrected chi connectivity index (χ4v) is 6.11. The number of piperidine rings is 1. The van der Waals surface area contributed by atoms with Gasteiger partial charge in [0.25, 0.3) is 0 Å². The molecule has 184 valence electrons. The Morgan fingerprint density at radius 3 is 2.67 bits per heavy atom. The van der Waals surface area contributed by atoms with Crippen LogP contribution < -0.4 is 26.7 Å². The first-order chi connectivity index (χ1) is 15.6. The molecule has 0 aliphatic carbocycles. The number of pyridine rings is 1. The second-order valence-electron chi connectivity index (χ2n) is 8.80. The van der Waals surface area contributed by atoms with Crippen molar-refractivity contribution in [3.05, 3.63) is 18.2 Å². The number of hydrogen-bond donors (Lipinski definition) is 4. The summed E-state index contributed by atoms with van der Waals surface area (Å²) in [5.74, 6) is -1.82. The number of sulfonamides is 1. The number of fused-ring (bicyclic) bond motifs is 1. The SMILES string of the molecule is CN(C)S(=O)(=O)C1CCN(c2c(F)cncc2NC(=O)C2C(N)NN3CC(F)CNC23)CC1. The predicted octanol–water partition coefficient (Wildman–Crippen LogP) is -0.992. The van der Waals surface area contributed by atoms with E-state index in [0.29, 0.717) is 25.9 Å². The molecule has 1 amide bonds. The van der Waals surface area contributed by atoms with Crippen LogP contribution >= 0.6 is 0 Å². The summed E-state index contributed by atoms with van der Waals surface area (Å²) in [6.45, 7) is 0.827. The van der Waals surface area contributed by atoms with Crippen molar-refractivity contribution in [3.63, 3.8) is 0 Å². The molecule has 1 aromatic rings. The van der Waals surface area contributed by atoms with Crippen molar-refractivity contribution >= 4 is 27.3 Å². The van der Waals surface area contributed by atoms with Crippen molar-refractivity contribution in [2.24, 2.45) is 11.7 Å². The van der Waals surface area contributed by atoms with Crippen LogP contribution in [0.5, 0.6) is 0 Å². The van der Waals surface area contributed by atoms with E-state index in [-0.39, 0.29) is 24.5 Å². The molecule has 1 aromatic heterocycles. The quantitative estimate of drug-likeness (QED) is 0.412. The number of nitrogens with two attached hydrogens (primary N) is 1. The number of nitrogens with one attached hydrogen (secondary N) is 3. The fraction of sp³-hybridized carbons (Fsp3) is 0.684. The number of carbonyl (C=O) groups is 1. The molecule has 5 N–H and O–H groups in total. The van der Waals surface area contributed by atoms with Crippen molar-refractivity contribution in [1.82, 2.24) is 25.0 Å². The number of amides is 1. The lowest BCUT2D eigenvalue weighted by atomic mass is 10.0. The van der Waals surface area contributed by atoms with Gasteiger partial charge in [0.15, 0.2) is 5.82 Å². The molecule has 0 saturated carbocycles. The van der Waals surface area contributed by atoms with Crippen molar-refractivity contribution < 1.29 is 22.0 Å². The Bertz CT molecular complexity index is 989. The van der Waals surface area contributed by atoms with Crippen molar-refractivity contribution in [3.8, 4) is 0 Å². The van der Waals surface area contributed by atoms with E-state index in [9.17, 15) is 22.0 Å². The van der Waals surface area contributed by atoms with E-state index in [2.05, 4.69) is 21.0 Å². The smallest absolute Gasteiger partial charge is 0.233 e. The summed E-state index contributed by atoms with van der Waals surface area (Å²) < 4.78 is 54.6. The van der Waals surface area contributed by atoms with Crippen LogP contribution in [0.15, 0.2) is 12.4 Å². The highest BCUT2D eigenvalue weighted by Gasteiger charge is 2.47. The van der Waals surface area contributed by atoms with E-state index in [4.69, 9.17) is 5.73 Å². The van der Waals surface area contributed by atoms with Crippen LogP contribution in [0.1, 0.15) is 12.8 Å². The number of hydrogen-bond acceptors (Lipinski definition) is 9. The van der Waals surface area contributed by atoms with Gasteiger partial charge in [-0.25, -0.2) is 31.9 Å². The minimum atomic E-state index is -3.41. The fourth-order valence-electron chi connectivity index (χ4n) is 4.71. The minimum Gasteiger partial charge on any atom is -0.367 e. The van der Waals surface area contributed by atoms with Crippen LogP contribution in [0.4, 0.5) is 20.2 Å². The molecule has 4 rings (SSSR count). The zero-order chi connectivity index (χ0) is 23.9. The number of anilines is 2. The minimum absolute atomic E-state index is 0.104. The van der Waals surface area contributed by atoms with Gasteiger partial charge in [-0.3, -0.25) is 15.1 Å². The molecular weight excluding hydrogens is 458 g/mol. The van der Waals surface area contributed by atoms with Crippen LogP contribution in [0, 0.1) is 11.7 Å². The Morgan fingerprint density at radius 1 is 1.30 bits per heavy atom. The standard InChI is InChI=1S/C19H30F2N8O3S/c1-27(2)33(31,32)12-3-5-28(6-4-12)16-13(21)8-23-9-14(16)25-19(30)15-17(22)26-29-10-11(20)7-24-18(15)29/h8-9,11-12,15,17-18,24,26H,3-7,10,22H2,1-2H3,(H,25,30). The van der Waals surface area contributed by atoms with Crippen LogP contribution in [0.25, 0.3) is 0 Å². The van der Waals surface area contributed by atoms with E-state index >= 15 is 0 Å². The van der Waals surface area contributed by atoms with Gasteiger partial charge in [-0.05, 0) is 12.8 Å². The lowest BCUT2D eigenvalue weighted by Crippen LogP contribution is -2.58. The van der Waals surface area contributed by atoms with Gasteiger partial charge in [-0.15, -0.1) is 0 Å². The van der Waals surface area contributed by atoms with Crippen molar-refractivity contribution in [2.45, 2.75) is 36.6 Å². The molecule has 3 saturated heterocycles. The van der Waals surface area contributed by atoms with Gasteiger partial charge < -0.3 is 16.0 Å². The van der Waals surface area contributed by atoms with Gasteiger partial charge >= 0.3 is 0 Å². The second kappa shape index (κ2) is 9.35. The molecule has 3 fully saturated rings. The molecule has 4 heterocycles. The van der Waals surface area contributed by atoms with Gasteiger partial charge in [-0.2, -0.15) is 0 Å². The molecule has 0 spiro atoms. The highest BCUT2D eigenvalue weighted by atomic mass is 32.2. The van der Waals surface area contributed by atoms with Crippen molar-refractivity contribution in [1.29, 1.82) is 0 Å². The van der Waals surface area contributed by atoms with Crippen LogP contribution in [0.3, 0.4) is 0 Å². The normalized spacial score (nSPS) is 29.3. The Kier molecular flexibility index (Phi) is 6.85. The molecule has 11 nitrogen and oxygen atoms in total. The van der Waals surface area contributed by atoms with Gasteiger partial charge in [0.2, 0.25) is 15.9 Å². The zero-order valence-corrected chi connectivity index (χ0v) is 19.4. The Balaban J connectivity index is 1.49. The first kappa shape index (κ1) is 24.2. The van der Waals surface area contributed by atoms with Crippen LogP contribution in [-0.4, -0.2) is 92.7 Å². The molecule has 0 radical (unpaired) electrons. The first-order valence-electron chi connectivity index (χ1n) is 10.9. The second-order valence-corrected chi connectivity index (χ2v) is 11.2. The first-order valence-corrected chi connectivity index (χ1v) is 12.4. The monoisotopic (exact) mass is 488 g/mol. The van der Waals surface area contributed by atoms with Gasteiger partial charge in [0, 0.05) is 40.3 Å². The molecular formula is C19H30F2N8O3S. The maximum atomic E-state index is 14.8. The summed E-state index contributed by atoms with van der Waals surface area (Å²) >= 11 is 0. The lowest BCUT2D eigenvalue weighted by molar-refractivity contribution is -0.121. The van der Waals surface area contributed by atoms with E-state index in [0.717, 1.165) is 6.20 Å². The summed E-state index contributed by atoms with van der Waals surface area (Å²) in [6, 6.07) is 0. The number of nitrogens with zero attached hydrogens (tertiary/aromatic N) is 4. The molecule has 0 aromatic carbocycles. The van der Waals surface area contributed by atoms with Gasteiger partial charge in [0.1, 0.15) is 11.9 Å². The number of alkyl halides is 1. The van der Waals surface area contributed by atoms with Crippen LogP contribution in [-0.2, 0) is 14.8 Å². The lowest BCUT2D eigenvalue weighted by Gasteiger charge is -2.35. The average Bonchev–Trinajstić information content (AvgIpc) is 3.08. The molecule has 4 atom stereocenters. The summed E-state index contributed by atoms with van der Waals surface area (Å²) in [4.78, 5) is 18.7. The third kappa shape index (κ3) is 4.68. The highest BCUT2D eigenvalue weighted by molar-refractivity contribution is 7.89. The maximum Gasteiger partial charge on any atom is 0.233 e. The number of carbonyl (C=O) groups excluding carboxylic acids is 1. The largest absolute Gasteiger partial charge is 0.367 e. The zero-order valence-electron chi connectivity index (χ0n) is 18.5. The van der Waals surface area contributed by atoms with E-state index in [1.807, 2.05) is 0 Å². The summed E-state index contributed by atoms with van der Waals surface area (Å²) in [5, 5.41) is 6.75. The molecule has 3 aliphatic heterocycles. The number of aromatic nitrogens is 1. The molecule has 14 heteroatoms. The van der Waals surface area contributed by atoms with E-state index in [1.165, 1.54) is 24.6 Å². The average molecular weight is 489 g/mol. The van der Waals surface area contributed by atoms with Gasteiger partial charge in [-0.1, -0.05) is 0 Å². The molecule has 3 aliphatic rings. The highest BCUT2D eigenvalue weighted by Crippen LogP contribution is 2.33. The Morgan fingerprint density at radius 2 is 2.00 bits per heavy atom. The molecule has 0 bridgehead atoms. The Hall–Kier alpha value is -1.97.